The van der Waals surface area contributed by atoms with Gasteiger partial charge in [0.15, 0.2) is 0 Å². The predicted molar refractivity (Wildman–Crippen MR) is 141 cm³/mol. The van der Waals surface area contributed by atoms with Crippen molar-refractivity contribution in [3.63, 3.8) is 0 Å². The summed E-state index contributed by atoms with van der Waals surface area (Å²) in [6, 6.07) is 5.75. The number of aromatic amines is 1. The average Bonchev–Trinajstić information content (AvgIpc) is 2.82. The number of carbonyl (C=O) groups excluding carboxylic acids is 1. The van der Waals surface area contributed by atoms with Crippen molar-refractivity contribution in [3.8, 4) is 28.6 Å². The van der Waals surface area contributed by atoms with Crippen LogP contribution in [0, 0.1) is 13.8 Å². The number of methoxy groups -OCH3 is 2. The molecule has 3 aromatic rings. The molecule has 0 aliphatic rings. The number of nitrogens with one attached hydrogen (secondary N) is 2. The first-order valence-electron chi connectivity index (χ1n) is 12.0. The number of aliphatic carboxylic acids is 1. The number of hydrogen-bond acceptors (Lipinski definition) is 8. The van der Waals surface area contributed by atoms with E-state index in [1.54, 1.807) is 32.9 Å². The number of fused-ring (bicyclic) bond motifs is 1. The largest absolute Gasteiger partial charge is 0.497 e. The second-order valence-electron chi connectivity index (χ2n) is 9.75. The molecular formula is C27H33N3O8. The van der Waals surface area contributed by atoms with Crippen molar-refractivity contribution < 1.29 is 33.6 Å². The summed E-state index contributed by atoms with van der Waals surface area (Å²) in [6.07, 6.45) is -0.785. The Bertz CT molecular complexity index is 1380. The molecule has 11 heteroatoms. The van der Waals surface area contributed by atoms with E-state index in [0.29, 0.717) is 39.5 Å². The Morgan fingerprint density at radius 1 is 1.08 bits per heavy atom. The average molecular weight is 528 g/mol. The number of amides is 1. The fourth-order valence-electron chi connectivity index (χ4n) is 3.93. The zero-order valence-electron chi connectivity index (χ0n) is 22.6. The van der Waals surface area contributed by atoms with Gasteiger partial charge in [0.2, 0.25) is 0 Å². The van der Waals surface area contributed by atoms with Gasteiger partial charge >= 0.3 is 12.1 Å². The zero-order valence-corrected chi connectivity index (χ0v) is 22.6. The van der Waals surface area contributed by atoms with Crippen molar-refractivity contribution in [1.82, 2.24) is 15.3 Å². The number of H-pyrrole nitrogens is 1. The van der Waals surface area contributed by atoms with Gasteiger partial charge in [-0.1, -0.05) is 0 Å². The van der Waals surface area contributed by atoms with E-state index in [1.165, 1.54) is 14.2 Å². The predicted octanol–water partition coefficient (Wildman–Crippen LogP) is 3.97. The molecule has 0 bridgehead atoms. The third-order valence-corrected chi connectivity index (χ3v) is 5.58. The Labute approximate surface area is 220 Å². The van der Waals surface area contributed by atoms with Crippen molar-refractivity contribution in [2.75, 3.05) is 20.8 Å². The molecule has 11 nitrogen and oxygen atoms in total. The number of aromatic nitrogens is 2. The molecule has 0 aliphatic carbocycles. The van der Waals surface area contributed by atoms with Gasteiger partial charge in [0.1, 0.15) is 40.1 Å². The van der Waals surface area contributed by atoms with Crippen molar-refractivity contribution in [3.05, 3.63) is 45.7 Å². The number of aryl methyl sites for hydroxylation is 2. The summed E-state index contributed by atoms with van der Waals surface area (Å²) in [6.45, 7) is 8.79. The second kappa shape index (κ2) is 11.4. The molecule has 1 heterocycles. The standard InChI is InChI=1S/C27H33N3O8/c1-14-10-16(23-28-19-12-17(35-6)13-20(36-7)21(19)24(31)30-23)11-15(2)22(14)37-9-8-18(25(32)33)29-26(34)38-27(3,4)5/h10-13,18H,8-9H2,1-7H3,(H,29,34)(H,32,33)(H,28,30,31). The highest BCUT2D eigenvalue weighted by Crippen LogP contribution is 2.31. The third-order valence-electron chi connectivity index (χ3n) is 5.58. The Kier molecular flexibility index (Phi) is 8.49. The summed E-state index contributed by atoms with van der Waals surface area (Å²) in [5.41, 5.74) is 1.52. The molecule has 1 amide bonds. The molecule has 0 fully saturated rings. The SMILES string of the molecule is COc1cc(OC)c2c(=O)[nH]c(-c3cc(C)c(OCCC(NC(=O)OC(C)(C)C)C(=O)O)c(C)c3)nc2c1. The number of ether oxygens (including phenoxy) is 4. The Balaban J connectivity index is 1.81. The monoisotopic (exact) mass is 527 g/mol. The number of hydrogen-bond donors (Lipinski definition) is 3. The summed E-state index contributed by atoms with van der Waals surface area (Å²) >= 11 is 0. The molecule has 3 N–H and O–H groups in total. The molecule has 204 valence electrons. The van der Waals surface area contributed by atoms with Crippen molar-refractivity contribution >= 4 is 23.0 Å². The Hall–Kier alpha value is -4.28. The van der Waals surface area contributed by atoms with Gasteiger partial charge in [-0.05, 0) is 57.9 Å². The molecule has 1 aromatic heterocycles. The van der Waals surface area contributed by atoms with E-state index < -0.39 is 23.7 Å². The first-order chi connectivity index (χ1) is 17.8. The molecule has 0 aliphatic heterocycles. The first-order valence-corrected chi connectivity index (χ1v) is 12.0. The molecular weight excluding hydrogens is 494 g/mol. The highest BCUT2D eigenvalue weighted by molar-refractivity contribution is 5.87. The van der Waals surface area contributed by atoms with Crippen LogP contribution in [0.4, 0.5) is 4.79 Å². The molecule has 1 unspecified atom stereocenters. The summed E-state index contributed by atoms with van der Waals surface area (Å²) in [5.74, 6) is 0.611. The lowest BCUT2D eigenvalue weighted by atomic mass is 10.0. The van der Waals surface area contributed by atoms with Crippen molar-refractivity contribution in [1.29, 1.82) is 0 Å². The molecule has 0 saturated carbocycles. The van der Waals surface area contributed by atoms with Crippen molar-refractivity contribution in [2.45, 2.75) is 52.7 Å². The number of rotatable bonds is 9. The number of alkyl carbamates (subject to hydrolysis) is 1. The number of benzene rings is 2. The molecule has 2 aromatic carbocycles. The topological polar surface area (TPSA) is 149 Å². The summed E-state index contributed by atoms with van der Waals surface area (Å²) in [7, 11) is 2.99. The molecule has 38 heavy (non-hydrogen) atoms. The highest BCUT2D eigenvalue weighted by atomic mass is 16.6. The lowest BCUT2D eigenvalue weighted by Crippen LogP contribution is -2.44. The minimum atomic E-state index is -1.19. The molecule has 0 spiro atoms. The number of carboxylic acid groups (broad SMARTS) is 1. The fourth-order valence-corrected chi connectivity index (χ4v) is 3.93. The zero-order chi connectivity index (χ0) is 28.2. The number of carboxylic acids is 1. The molecule has 3 rings (SSSR count). The quantitative estimate of drug-likeness (QED) is 0.376. The van der Waals surface area contributed by atoms with E-state index in [4.69, 9.17) is 18.9 Å². The fraction of sp³-hybridized carbons (Fsp3) is 0.407. The van der Waals surface area contributed by atoms with Crippen LogP contribution in [0.1, 0.15) is 38.3 Å². The van der Waals surface area contributed by atoms with E-state index in [2.05, 4.69) is 15.3 Å². The minimum Gasteiger partial charge on any atom is -0.497 e. The lowest BCUT2D eigenvalue weighted by molar-refractivity contribution is -0.139. The van der Waals surface area contributed by atoms with E-state index >= 15 is 0 Å². The second-order valence-corrected chi connectivity index (χ2v) is 9.75. The van der Waals surface area contributed by atoms with Gasteiger partial charge in [0, 0.05) is 24.1 Å². The summed E-state index contributed by atoms with van der Waals surface area (Å²) < 4.78 is 21.7. The van der Waals surface area contributed by atoms with Gasteiger partial charge in [-0.3, -0.25) is 4.79 Å². The normalized spacial score (nSPS) is 12.1. The van der Waals surface area contributed by atoms with Crippen LogP contribution < -0.4 is 25.1 Å². The van der Waals surface area contributed by atoms with Crippen LogP contribution in [0.3, 0.4) is 0 Å². The molecule has 1 atom stereocenters. The van der Waals surface area contributed by atoms with Gasteiger partial charge in [-0.15, -0.1) is 0 Å². The Morgan fingerprint density at radius 2 is 1.74 bits per heavy atom. The smallest absolute Gasteiger partial charge is 0.408 e. The van der Waals surface area contributed by atoms with E-state index in [-0.39, 0.29) is 18.6 Å². The maximum Gasteiger partial charge on any atom is 0.408 e. The van der Waals surface area contributed by atoms with E-state index in [1.807, 2.05) is 26.0 Å². The maximum atomic E-state index is 12.9. The van der Waals surface area contributed by atoms with Crippen LogP contribution >= 0.6 is 0 Å². The highest BCUT2D eigenvalue weighted by Gasteiger charge is 2.24. The molecule has 0 radical (unpaired) electrons. The Morgan fingerprint density at radius 3 is 2.29 bits per heavy atom. The van der Waals surface area contributed by atoms with E-state index in [9.17, 15) is 19.5 Å². The van der Waals surface area contributed by atoms with Gasteiger partial charge in [-0.25, -0.2) is 14.6 Å². The van der Waals surface area contributed by atoms with Gasteiger partial charge < -0.3 is 34.4 Å². The van der Waals surface area contributed by atoms with Crippen LogP contribution in [0.25, 0.3) is 22.3 Å². The molecule has 0 saturated heterocycles. The lowest BCUT2D eigenvalue weighted by Gasteiger charge is -2.22. The van der Waals surface area contributed by atoms with E-state index in [0.717, 1.165) is 11.1 Å². The van der Waals surface area contributed by atoms with Crippen LogP contribution in [0.2, 0.25) is 0 Å². The minimum absolute atomic E-state index is 0.0262. The summed E-state index contributed by atoms with van der Waals surface area (Å²) in [5, 5.41) is 12.1. The maximum absolute atomic E-state index is 12.9. The van der Waals surface area contributed by atoms with Crippen molar-refractivity contribution in [2.24, 2.45) is 0 Å². The first kappa shape index (κ1) is 28.3. The third kappa shape index (κ3) is 6.72. The van der Waals surface area contributed by atoms with Crippen LogP contribution in [0.5, 0.6) is 17.2 Å². The van der Waals surface area contributed by atoms with Crippen LogP contribution in [-0.2, 0) is 9.53 Å². The van der Waals surface area contributed by atoms with Gasteiger partial charge in [0.05, 0.1) is 26.3 Å². The number of carbonyl (C=O) groups is 2. The summed E-state index contributed by atoms with van der Waals surface area (Å²) in [4.78, 5) is 43.9. The van der Waals surface area contributed by atoms with Gasteiger partial charge in [0.25, 0.3) is 5.56 Å². The number of nitrogens with zero attached hydrogens (tertiary/aromatic N) is 1. The van der Waals surface area contributed by atoms with Crippen LogP contribution in [-0.4, -0.2) is 59.6 Å². The van der Waals surface area contributed by atoms with Gasteiger partial charge in [-0.2, -0.15) is 0 Å². The van der Waals surface area contributed by atoms with Crippen LogP contribution in [0.15, 0.2) is 29.1 Å².